The molecule has 13 heteroatoms. The molecule has 0 saturated carbocycles. The zero-order chi connectivity index (χ0) is 51.6. The summed E-state index contributed by atoms with van der Waals surface area (Å²) in [5, 5.41) is 0. The fourth-order valence-corrected chi connectivity index (χ4v) is 9.04. The predicted octanol–water partition coefficient (Wildman–Crippen LogP) is 10.2. The molecule has 386 valence electrons. The highest BCUT2D eigenvalue weighted by Crippen LogP contribution is 2.35. The van der Waals surface area contributed by atoms with Gasteiger partial charge in [0.15, 0.2) is 24.6 Å². The highest BCUT2D eigenvalue weighted by molar-refractivity contribution is 5.91. The van der Waals surface area contributed by atoms with E-state index in [9.17, 15) is 14.4 Å². The largest absolute Gasteiger partial charge is 0.452 e. The second-order valence-corrected chi connectivity index (χ2v) is 18.2. The monoisotopic (exact) mass is 1010 g/mol. The van der Waals surface area contributed by atoms with Gasteiger partial charge in [-0.1, -0.05) is 176 Å². The maximum Gasteiger partial charge on any atom is 0.338 e. The van der Waals surface area contributed by atoms with Gasteiger partial charge in [-0.15, -0.1) is 0 Å². The molecule has 0 N–H and O–H groups in total. The number of carbonyl (C=O) groups excluding carboxylic acids is 3. The maximum atomic E-state index is 14.2. The van der Waals surface area contributed by atoms with Crippen LogP contribution in [0.4, 0.5) is 0 Å². The van der Waals surface area contributed by atoms with Crippen LogP contribution in [0.3, 0.4) is 0 Å². The highest BCUT2D eigenvalue weighted by atomic mass is 16.7. The summed E-state index contributed by atoms with van der Waals surface area (Å²) in [4.78, 5) is 42.1. The number of hydrogen-bond acceptors (Lipinski definition) is 13. The molecular weight excluding hydrogens is 953 g/mol. The number of esters is 3. The van der Waals surface area contributed by atoms with Crippen molar-refractivity contribution in [3.8, 4) is 0 Å². The Morgan fingerprint density at radius 1 is 0.347 bits per heavy atom. The first kappa shape index (κ1) is 52.5. The quantitative estimate of drug-likeness (QED) is 0.0470. The summed E-state index contributed by atoms with van der Waals surface area (Å²) < 4.78 is 66.5. The lowest BCUT2D eigenvalue weighted by atomic mass is 9.94. The molecule has 0 spiro atoms. The standard InChI is InChI=1S/C62H60O13/c1-43-53(73-59(63)48-31-17-6-18-32-48)57(75-61(65)50-35-21-8-22-36-50)55(74-60(64)49-33-19-7-20-34-49)52(71-43)42-70-62-58(69-40-47-29-15-5-16-30-47)56(68-39-46-27-13-4-14-28-46)54(67-38-45-25-11-3-12-26-45)51(72-62)41-66-37-44-23-9-2-10-24-44/h2-36,43,51-58,62H,37-42H2,1H3/t43-,51?,52?,53-,54-,55-,56?,57?,58+,62+/m0/s1. The highest BCUT2D eigenvalue weighted by Gasteiger charge is 2.53. The normalized spacial score (nSPS) is 23.4. The minimum Gasteiger partial charge on any atom is -0.452 e. The first-order valence-corrected chi connectivity index (χ1v) is 25.1. The molecule has 0 bridgehead atoms. The third-order valence-corrected chi connectivity index (χ3v) is 12.9. The Morgan fingerprint density at radius 3 is 1.13 bits per heavy atom. The minimum absolute atomic E-state index is 0.0745. The van der Waals surface area contributed by atoms with E-state index >= 15 is 0 Å². The molecule has 10 atom stereocenters. The van der Waals surface area contributed by atoms with E-state index in [1.165, 1.54) is 0 Å². The van der Waals surface area contributed by atoms with Crippen LogP contribution in [0.5, 0.6) is 0 Å². The van der Waals surface area contributed by atoms with E-state index in [1.54, 1.807) is 97.9 Å². The Hall–Kier alpha value is -7.33. The number of rotatable bonds is 22. The van der Waals surface area contributed by atoms with Crippen LogP contribution in [0, 0.1) is 0 Å². The van der Waals surface area contributed by atoms with Crippen LogP contribution >= 0.6 is 0 Å². The van der Waals surface area contributed by atoms with Gasteiger partial charge < -0.3 is 47.4 Å². The van der Waals surface area contributed by atoms with Crippen LogP contribution in [0.25, 0.3) is 0 Å². The van der Waals surface area contributed by atoms with Crippen molar-refractivity contribution in [1.29, 1.82) is 0 Å². The van der Waals surface area contributed by atoms with Crippen LogP contribution in [0.15, 0.2) is 212 Å². The molecule has 2 heterocycles. The molecule has 2 saturated heterocycles. The topological polar surface area (TPSA) is 144 Å². The average Bonchev–Trinajstić information content (AvgIpc) is 3.46. The van der Waals surface area contributed by atoms with E-state index in [4.69, 9.17) is 47.4 Å². The summed E-state index contributed by atoms with van der Waals surface area (Å²) in [7, 11) is 0. The molecule has 2 aliphatic rings. The smallest absolute Gasteiger partial charge is 0.338 e. The van der Waals surface area contributed by atoms with Gasteiger partial charge in [0.05, 0.1) is 62.4 Å². The maximum absolute atomic E-state index is 14.2. The van der Waals surface area contributed by atoms with E-state index in [0.717, 1.165) is 22.3 Å². The van der Waals surface area contributed by atoms with Crippen molar-refractivity contribution < 1.29 is 61.8 Å². The molecule has 7 aromatic carbocycles. The molecule has 0 aromatic heterocycles. The Bertz CT molecular complexity index is 2810. The van der Waals surface area contributed by atoms with Crippen LogP contribution in [0.2, 0.25) is 0 Å². The van der Waals surface area contributed by atoms with Crippen molar-refractivity contribution in [2.45, 2.75) is 94.6 Å². The van der Waals surface area contributed by atoms with Crippen molar-refractivity contribution >= 4 is 17.9 Å². The average molecular weight is 1010 g/mol. The van der Waals surface area contributed by atoms with Gasteiger partial charge in [-0.25, -0.2) is 14.4 Å². The van der Waals surface area contributed by atoms with Gasteiger partial charge in [-0.2, -0.15) is 0 Å². The number of carbonyl (C=O) groups is 3. The van der Waals surface area contributed by atoms with Crippen LogP contribution < -0.4 is 0 Å². The SMILES string of the molecule is C[C@@H]1OC(CO[C@@H]2OC(COCc3ccccc3)[C@H](OCc3ccccc3)C(OCc3ccccc3)[C@H]2OCc2ccccc2)[C@H](OC(=O)c2ccccc2)C(OC(=O)c2ccccc2)[C@H]1OC(=O)c1ccccc1. The van der Waals surface area contributed by atoms with E-state index < -0.39 is 79.1 Å². The van der Waals surface area contributed by atoms with Gasteiger partial charge in [0, 0.05) is 0 Å². The van der Waals surface area contributed by atoms with Crippen LogP contribution in [-0.4, -0.2) is 92.3 Å². The Kier molecular flexibility index (Phi) is 18.7. The molecule has 0 amide bonds. The number of ether oxygens (including phenoxy) is 10. The zero-order valence-electron chi connectivity index (χ0n) is 41.5. The van der Waals surface area contributed by atoms with Gasteiger partial charge in [0.1, 0.15) is 30.5 Å². The Morgan fingerprint density at radius 2 is 0.693 bits per heavy atom. The molecule has 2 aliphatic heterocycles. The summed E-state index contributed by atoms with van der Waals surface area (Å²) in [6, 6.07) is 64.4. The van der Waals surface area contributed by atoms with Gasteiger partial charge in [-0.05, 0) is 65.6 Å². The number of benzene rings is 7. The Labute approximate surface area is 437 Å². The van der Waals surface area contributed by atoms with E-state index in [1.807, 2.05) is 121 Å². The fraction of sp³-hybridized carbons (Fsp3) is 0.274. The molecule has 2 fully saturated rings. The fourth-order valence-electron chi connectivity index (χ4n) is 9.04. The first-order valence-electron chi connectivity index (χ1n) is 25.1. The van der Waals surface area contributed by atoms with Gasteiger partial charge in [-0.3, -0.25) is 0 Å². The van der Waals surface area contributed by atoms with Crippen LogP contribution in [0.1, 0.15) is 60.3 Å². The van der Waals surface area contributed by atoms with Crippen molar-refractivity contribution in [3.63, 3.8) is 0 Å². The molecule has 4 unspecified atom stereocenters. The van der Waals surface area contributed by atoms with E-state index in [2.05, 4.69) is 0 Å². The summed E-state index contributed by atoms with van der Waals surface area (Å²) in [6.45, 7) is 2.34. The molecule has 0 aliphatic carbocycles. The predicted molar refractivity (Wildman–Crippen MR) is 277 cm³/mol. The molecule has 13 nitrogen and oxygen atoms in total. The summed E-state index contributed by atoms with van der Waals surface area (Å²) in [5.74, 6) is -2.17. The molecule has 7 aromatic rings. The second kappa shape index (κ2) is 26.8. The van der Waals surface area contributed by atoms with Crippen molar-refractivity contribution in [2.24, 2.45) is 0 Å². The number of hydrogen-bond donors (Lipinski definition) is 0. The van der Waals surface area contributed by atoms with E-state index in [0.29, 0.717) is 6.61 Å². The molecule has 0 radical (unpaired) electrons. The van der Waals surface area contributed by atoms with Gasteiger partial charge in [0.25, 0.3) is 0 Å². The summed E-state index contributed by atoms with van der Waals surface area (Å²) in [6.07, 6.45) is -10.6. The van der Waals surface area contributed by atoms with Gasteiger partial charge >= 0.3 is 17.9 Å². The first-order chi connectivity index (χ1) is 36.9. The third-order valence-electron chi connectivity index (χ3n) is 12.9. The lowest BCUT2D eigenvalue weighted by Gasteiger charge is -2.47. The molecule has 9 rings (SSSR count). The lowest BCUT2D eigenvalue weighted by Crippen LogP contribution is -2.64. The van der Waals surface area contributed by atoms with Crippen molar-refractivity contribution in [2.75, 3.05) is 13.2 Å². The Balaban J connectivity index is 1.07. The van der Waals surface area contributed by atoms with E-state index in [-0.39, 0.29) is 49.7 Å². The van der Waals surface area contributed by atoms with Crippen molar-refractivity contribution in [1.82, 2.24) is 0 Å². The summed E-state index contributed by atoms with van der Waals surface area (Å²) in [5.41, 5.74) is 4.44. The third kappa shape index (κ3) is 14.5. The minimum atomic E-state index is -1.40. The van der Waals surface area contributed by atoms with Crippen LogP contribution in [-0.2, 0) is 73.8 Å². The summed E-state index contributed by atoms with van der Waals surface area (Å²) >= 11 is 0. The van der Waals surface area contributed by atoms with Gasteiger partial charge in [0.2, 0.25) is 0 Å². The zero-order valence-corrected chi connectivity index (χ0v) is 41.5. The molecular formula is C62H60O13. The lowest BCUT2D eigenvalue weighted by molar-refractivity contribution is -0.336. The molecule has 75 heavy (non-hydrogen) atoms. The van der Waals surface area contributed by atoms with Crippen molar-refractivity contribution in [3.05, 3.63) is 251 Å². The second-order valence-electron chi connectivity index (χ2n) is 18.2.